The Labute approximate surface area is 283 Å². The van der Waals surface area contributed by atoms with E-state index >= 15 is 0 Å². The van der Waals surface area contributed by atoms with E-state index in [1.54, 1.807) is 36.0 Å². The van der Waals surface area contributed by atoms with Crippen LogP contribution in [0.3, 0.4) is 0 Å². The number of hydrogen-bond acceptors (Lipinski definition) is 10. The number of nitrogens with one attached hydrogen (secondary N) is 2. The predicted octanol–water partition coefficient (Wildman–Crippen LogP) is 4.47. The minimum absolute atomic E-state index is 0.106. The van der Waals surface area contributed by atoms with Gasteiger partial charge < -0.3 is 35.8 Å². The highest BCUT2D eigenvalue weighted by Gasteiger charge is 2.23. The SMILES string of the molecule is CN(C)c1cc(NC(=O)Cn2cc(-c3cc(Cl)c(O)c(C(N)=O)c3)c3c(=O)n(C)c(Nc4cc(N(C)C)ncc4Cl)nc32)c(Cl)cn1. The number of pyridine rings is 2. The van der Waals surface area contributed by atoms with E-state index in [0.29, 0.717) is 23.0 Å². The number of carbonyl (C=O) groups is 2. The van der Waals surface area contributed by atoms with Crippen LogP contribution in [0.1, 0.15) is 10.4 Å². The maximum Gasteiger partial charge on any atom is 0.264 e. The lowest BCUT2D eigenvalue weighted by atomic mass is 10.0. The summed E-state index contributed by atoms with van der Waals surface area (Å²) in [6.45, 7) is -0.304. The molecule has 5 N–H and O–H groups in total. The fraction of sp³-hybridized carbons (Fsp3) is 0.200. The molecule has 0 saturated carbocycles. The molecule has 2 amide bonds. The molecule has 0 radical (unpaired) electrons. The number of nitrogens with two attached hydrogens (primary N) is 1. The van der Waals surface area contributed by atoms with Crippen LogP contribution in [-0.2, 0) is 18.4 Å². The summed E-state index contributed by atoms with van der Waals surface area (Å²) in [7, 11) is 8.75. The van der Waals surface area contributed by atoms with Gasteiger partial charge in [-0.1, -0.05) is 34.8 Å². The van der Waals surface area contributed by atoms with Crippen LogP contribution in [0, 0.1) is 0 Å². The van der Waals surface area contributed by atoms with E-state index in [9.17, 15) is 19.5 Å². The van der Waals surface area contributed by atoms with Crippen molar-refractivity contribution in [2.75, 3.05) is 48.6 Å². The Morgan fingerprint density at radius 3 is 2.13 bits per heavy atom. The molecule has 47 heavy (non-hydrogen) atoms. The van der Waals surface area contributed by atoms with Gasteiger partial charge in [0.05, 0.1) is 49.8 Å². The Hall–Kier alpha value is -5.05. The first-order valence-electron chi connectivity index (χ1n) is 13.8. The summed E-state index contributed by atoms with van der Waals surface area (Å²) in [5.74, 6) is -0.628. The van der Waals surface area contributed by atoms with Crippen molar-refractivity contribution in [3.63, 3.8) is 0 Å². The summed E-state index contributed by atoms with van der Waals surface area (Å²) >= 11 is 19.0. The number of benzene rings is 1. The minimum Gasteiger partial charge on any atom is -0.506 e. The van der Waals surface area contributed by atoms with Gasteiger partial charge in [0.1, 0.15) is 23.9 Å². The number of halogens is 3. The molecule has 0 atom stereocenters. The summed E-state index contributed by atoms with van der Waals surface area (Å²) in [6, 6.07) is 6.01. The van der Waals surface area contributed by atoms with E-state index in [0.717, 1.165) is 0 Å². The third-order valence-electron chi connectivity index (χ3n) is 7.17. The van der Waals surface area contributed by atoms with Gasteiger partial charge in [0.2, 0.25) is 11.9 Å². The molecule has 0 bridgehead atoms. The van der Waals surface area contributed by atoms with E-state index in [1.807, 2.05) is 14.1 Å². The maximum absolute atomic E-state index is 14.0. The quantitative estimate of drug-likeness (QED) is 0.172. The summed E-state index contributed by atoms with van der Waals surface area (Å²) in [4.78, 5) is 56.3. The minimum atomic E-state index is -0.926. The van der Waals surface area contributed by atoms with Crippen molar-refractivity contribution in [1.82, 2.24) is 24.1 Å². The lowest BCUT2D eigenvalue weighted by molar-refractivity contribution is -0.116. The van der Waals surface area contributed by atoms with Crippen LogP contribution < -0.4 is 31.7 Å². The van der Waals surface area contributed by atoms with Gasteiger partial charge in [-0.3, -0.25) is 19.0 Å². The maximum atomic E-state index is 14.0. The van der Waals surface area contributed by atoms with Gasteiger partial charge in [-0.05, 0) is 17.7 Å². The van der Waals surface area contributed by atoms with Crippen LogP contribution in [0.15, 0.2) is 47.7 Å². The van der Waals surface area contributed by atoms with Crippen molar-refractivity contribution >= 4 is 86.6 Å². The zero-order chi connectivity index (χ0) is 34.3. The average molecular weight is 700 g/mol. The van der Waals surface area contributed by atoms with Crippen LogP contribution in [-0.4, -0.2) is 69.2 Å². The van der Waals surface area contributed by atoms with Crippen LogP contribution in [0.5, 0.6) is 5.75 Å². The molecule has 0 saturated heterocycles. The van der Waals surface area contributed by atoms with E-state index in [-0.39, 0.29) is 55.3 Å². The molecule has 5 aromatic rings. The zero-order valence-electron chi connectivity index (χ0n) is 25.8. The molecule has 4 heterocycles. The first-order chi connectivity index (χ1) is 22.2. The first kappa shape index (κ1) is 33.3. The highest BCUT2D eigenvalue weighted by atomic mass is 35.5. The molecule has 14 nitrogen and oxygen atoms in total. The number of carbonyl (C=O) groups excluding carboxylic acids is 2. The first-order valence-corrected chi connectivity index (χ1v) is 14.9. The van der Waals surface area contributed by atoms with E-state index in [4.69, 9.17) is 45.5 Å². The van der Waals surface area contributed by atoms with E-state index in [1.165, 1.54) is 46.9 Å². The smallest absolute Gasteiger partial charge is 0.264 e. The summed E-state index contributed by atoms with van der Waals surface area (Å²) < 4.78 is 2.75. The average Bonchev–Trinajstić information content (AvgIpc) is 3.36. The molecule has 0 unspecified atom stereocenters. The largest absolute Gasteiger partial charge is 0.506 e. The highest BCUT2D eigenvalue weighted by Crippen LogP contribution is 2.37. The second-order valence-corrected chi connectivity index (χ2v) is 12.1. The fourth-order valence-electron chi connectivity index (χ4n) is 4.71. The molecule has 0 aliphatic heterocycles. The number of fused-ring (bicyclic) bond motifs is 1. The number of amides is 2. The van der Waals surface area contributed by atoms with Crippen molar-refractivity contribution in [2.45, 2.75) is 6.54 Å². The Bertz CT molecular complexity index is 2130. The fourth-order valence-corrected chi connectivity index (χ4v) is 5.23. The van der Waals surface area contributed by atoms with Gasteiger partial charge in [-0.2, -0.15) is 4.98 Å². The summed E-state index contributed by atoms with van der Waals surface area (Å²) in [5.41, 5.74) is 6.19. The number of hydrogen-bond donors (Lipinski definition) is 4. The van der Waals surface area contributed by atoms with Gasteiger partial charge in [0.25, 0.3) is 11.5 Å². The lowest BCUT2D eigenvalue weighted by Crippen LogP contribution is -2.23. The Kier molecular flexibility index (Phi) is 9.20. The van der Waals surface area contributed by atoms with Crippen molar-refractivity contribution in [2.24, 2.45) is 12.8 Å². The topological polar surface area (TPSA) is 177 Å². The van der Waals surface area contributed by atoms with Gasteiger partial charge >= 0.3 is 0 Å². The van der Waals surface area contributed by atoms with E-state index in [2.05, 4.69) is 20.6 Å². The number of nitrogens with zero attached hydrogens (tertiary/aromatic N) is 7. The van der Waals surface area contributed by atoms with Crippen molar-refractivity contribution in [3.05, 3.63) is 73.8 Å². The molecule has 4 aromatic heterocycles. The molecule has 17 heteroatoms. The Morgan fingerprint density at radius 2 is 1.53 bits per heavy atom. The molecular formula is C30H29Cl3N10O4. The predicted molar refractivity (Wildman–Crippen MR) is 185 cm³/mol. The number of aromatic nitrogens is 5. The number of rotatable bonds is 9. The molecule has 0 spiro atoms. The van der Waals surface area contributed by atoms with Gasteiger partial charge in [0.15, 0.2) is 5.65 Å². The van der Waals surface area contributed by atoms with Gasteiger partial charge in [0, 0.05) is 59.1 Å². The Balaban J connectivity index is 1.67. The number of primary amides is 1. The molecule has 5 rings (SSSR count). The van der Waals surface area contributed by atoms with Crippen LogP contribution in [0.25, 0.3) is 22.2 Å². The Morgan fingerprint density at radius 1 is 0.936 bits per heavy atom. The number of phenols is 1. The molecule has 244 valence electrons. The molecular weight excluding hydrogens is 671 g/mol. The number of anilines is 5. The second kappa shape index (κ2) is 13.0. The normalized spacial score (nSPS) is 11.1. The zero-order valence-corrected chi connectivity index (χ0v) is 28.0. The van der Waals surface area contributed by atoms with Gasteiger partial charge in [-0.15, -0.1) is 0 Å². The molecule has 0 fully saturated rings. The third-order valence-corrected chi connectivity index (χ3v) is 8.06. The van der Waals surface area contributed by atoms with Crippen molar-refractivity contribution < 1.29 is 14.7 Å². The third kappa shape index (κ3) is 6.61. The highest BCUT2D eigenvalue weighted by molar-refractivity contribution is 6.34. The molecule has 0 aliphatic rings. The standard InChI is InChI=1S/C30H29Cl3N10O4/c1-40(2)22-8-20(18(32)10-35-22)37-24(44)13-43-12-16(14-6-15(27(34)46)26(45)17(31)7-14)25-28(43)39-30(42(5)29(25)47)38-21-9-23(41(3)4)36-11-19(21)33/h6-12,45H,13H2,1-5H3,(H2,34,46)(H,35,37,44)(H,36,38,39). The van der Waals surface area contributed by atoms with Crippen LogP contribution in [0.4, 0.5) is 29.0 Å². The van der Waals surface area contributed by atoms with Crippen molar-refractivity contribution in [1.29, 1.82) is 0 Å². The summed E-state index contributed by atoms with van der Waals surface area (Å²) in [6.07, 6.45) is 4.42. The van der Waals surface area contributed by atoms with E-state index < -0.39 is 23.1 Å². The second-order valence-electron chi connectivity index (χ2n) is 10.9. The lowest BCUT2D eigenvalue weighted by Gasteiger charge is -2.16. The summed E-state index contributed by atoms with van der Waals surface area (Å²) in [5, 5.41) is 16.7. The molecule has 1 aromatic carbocycles. The van der Waals surface area contributed by atoms with Crippen LogP contribution in [0.2, 0.25) is 15.1 Å². The number of aromatic hydroxyl groups is 1. The molecule has 0 aliphatic carbocycles. The monoisotopic (exact) mass is 698 g/mol. The van der Waals surface area contributed by atoms with Crippen molar-refractivity contribution in [3.8, 4) is 16.9 Å². The van der Waals surface area contributed by atoms with Crippen LogP contribution >= 0.6 is 34.8 Å². The van der Waals surface area contributed by atoms with Gasteiger partial charge in [-0.25, -0.2) is 9.97 Å².